The molecule has 18 heavy (non-hydrogen) atoms. The number of nitrogens with one attached hydrogen (secondary N) is 1. The molecule has 2 heterocycles. The first-order valence-electron chi connectivity index (χ1n) is 5.45. The largest absolute Gasteiger partial charge is 0.710 e. The van der Waals surface area contributed by atoms with Gasteiger partial charge >= 0.3 is 5.56 Å². The van der Waals surface area contributed by atoms with E-state index >= 15 is 0 Å². The Balaban J connectivity index is 2.14. The Bertz CT molecular complexity index is 746. The summed E-state index contributed by atoms with van der Waals surface area (Å²) in [6.45, 7) is 0.503. The van der Waals surface area contributed by atoms with Gasteiger partial charge in [0.1, 0.15) is 6.54 Å². The van der Waals surface area contributed by atoms with Gasteiger partial charge in [-0.05, 0) is 5.56 Å². The van der Waals surface area contributed by atoms with Gasteiger partial charge in [-0.25, -0.2) is 9.30 Å². The topological polar surface area (TPSA) is 77.6 Å². The number of hydrogen-bond donors (Lipinski definition) is 1. The molecular weight excluding hydrogens is 232 g/mol. The van der Waals surface area contributed by atoms with E-state index in [9.17, 15) is 10.0 Å². The van der Waals surface area contributed by atoms with Gasteiger partial charge in [0.15, 0.2) is 0 Å². The first-order chi connectivity index (χ1) is 8.75. The second-order valence-corrected chi connectivity index (χ2v) is 3.96. The average molecular weight is 242 g/mol. The summed E-state index contributed by atoms with van der Waals surface area (Å²) in [5.74, 6) is 0. The maximum absolute atomic E-state index is 11.6. The minimum atomic E-state index is -0.429. The van der Waals surface area contributed by atoms with Crippen LogP contribution in [0.25, 0.3) is 11.2 Å². The van der Waals surface area contributed by atoms with Gasteiger partial charge in [-0.3, -0.25) is 4.79 Å². The van der Waals surface area contributed by atoms with Crippen molar-refractivity contribution in [1.29, 1.82) is 0 Å². The fourth-order valence-corrected chi connectivity index (χ4v) is 1.93. The van der Waals surface area contributed by atoms with Crippen LogP contribution < -0.4 is 10.3 Å². The van der Waals surface area contributed by atoms with E-state index in [-0.39, 0.29) is 5.52 Å². The molecule has 0 fully saturated rings. The zero-order valence-corrected chi connectivity index (χ0v) is 9.41. The normalized spacial score (nSPS) is 10.9. The molecule has 2 aromatic heterocycles. The zero-order chi connectivity index (χ0) is 12.5. The summed E-state index contributed by atoms with van der Waals surface area (Å²) in [7, 11) is 0. The van der Waals surface area contributed by atoms with Crippen molar-refractivity contribution in [3.63, 3.8) is 0 Å². The molecule has 0 saturated carbocycles. The van der Waals surface area contributed by atoms with Crippen molar-refractivity contribution in [3.05, 3.63) is 64.1 Å². The molecule has 1 N–H and O–H groups in total. The molecule has 0 atom stereocenters. The lowest BCUT2D eigenvalue weighted by atomic mass is 10.2. The molecule has 3 aromatic rings. The molecule has 0 unspecified atom stereocenters. The number of H-pyrrole nitrogens is 1. The molecule has 0 bridgehead atoms. The van der Waals surface area contributed by atoms with Crippen molar-refractivity contribution >= 4 is 11.2 Å². The Morgan fingerprint density at radius 2 is 2.11 bits per heavy atom. The summed E-state index contributed by atoms with van der Waals surface area (Å²) in [6, 6.07) is 9.68. The minimum absolute atomic E-state index is 0.0356. The number of aromatic nitrogens is 4. The molecule has 3 rings (SSSR count). The molecule has 0 saturated heterocycles. The highest BCUT2D eigenvalue weighted by Gasteiger charge is 2.16. The third kappa shape index (κ3) is 1.64. The Morgan fingerprint density at radius 3 is 2.89 bits per heavy atom. The van der Waals surface area contributed by atoms with E-state index in [1.165, 1.54) is 12.7 Å². The summed E-state index contributed by atoms with van der Waals surface area (Å²) in [5, 5.41) is 11.6. The molecule has 0 aliphatic heterocycles. The van der Waals surface area contributed by atoms with Gasteiger partial charge in [-0.15, -0.1) is 0 Å². The predicted octanol–water partition coefficient (Wildman–Crippen LogP) is 0.406. The minimum Gasteiger partial charge on any atom is -0.710 e. The van der Waals surface area contributed by atoms with Crippen molar-refractivity contribution in [3.8, 4) is 0 Å². The fraction of sp³-hybridized carbons (Fsp3) is 0.0833. The van der Waals surface area contributed by atoms with Gasteiger partial charge in [0, 0.05) is 0 Å². The third-order valence-electron chi connectivity index (χ3n) is 2.74. The quantitative estimate of drug-likeness (QED) is 0.522. The summed E-state index contributed by atoms with van der Waals surface area (Å²) in [4.78, 5) is 18.0. The van der Waals surface area contributed by atoms with Crippen molar-refractivity contribution in [2.24, 2.45) is 0 Å². The second-order valence-electron chi connectivity index (χ2n) is 3.96. The van der Waals surface area contributed by atoms with Crippen LogP contribution >= 0.6 is 0 Å². The monoisotopic (exact) mass is 242 g/mol. The number of hydrogen-bond acceptors (Lipinski definition) is 3. The van der Waals surface area contributed by atoms with E-state index in [4.69, 9.17) is 0 Å². The summed E-state index contributed by atoms with van der Waals surface area (Å²) in [6.07, 6.45) is 2.63. The lowest BCUT2D eigenvalue weighted by Crippen LogP contribution is -2.29. The number of benzene rings is 1. The maximum atomic E-state index is 11.6. The summed E-state index contributed by atoms with van der Waals surface area (Å²) >= 11 is 0. The molecule has 0 aliphatic carbocycles. The van der Waals surface area contributed by atoms with E-state index in [0.717, 1.165) is 5.56 Å². The van der Waals surface area contributed by atoms with Gasteiger partial charge in [0.25, 0.3) is 11.2 Å². The lowest BCUT2D eigenvalue weighted by Gasteiger charge is -1.97. The fourth-order valence-electron chi connectivity index (χ4n) is 1.93. The highest BCUT2D eigenvalue weighted by atomic mass is 16.5. The number of rotatable bonds is 2. The Labute approximate surface area is 102 Å². The Kier molecular flexibility index (Phi) is 2.33. The molecule has 0 radical (unpaired) electrons. The Morgan fingerprint density at radius 1 is 1.33 bits per heavy atom. The van der Waals surface area contributed by atoms with E-state index < -0.39 is 5.56 Å². The molecule has 6 heteroatoms. The molecule has 0 amide bonds. The standard InChI is InChI=1S/C12H10N4O2/c17-12-10-11(13-7-14-12)15(8-16(10)18)6-9-4-2-1-3-5-9/h1-5,7-8H,6H2,(H,13,14,17). The first-order valence-corrected chi connectivity index (χ1v) is 5.45. The highest BCUT2D eigenvalue weighted by Crippen LogP contribution is 2.07. The van der Waals surface area contributed by atoms with E-state index in [1.54, 1.807) is 4.57 Å². The first kappa shape index (κ1) is 10.5. The predicted molar refractivity (Wildman–Crippen MR) is 64.9 cm³/mol. The van der Waals surface area contributed by atoms with Crippen LogP contribution in [0.4, 0.5) is 0 Å². The van der Waals surface area contributed by atoms with Gasteiger partial charge in [0.05, 0.1) is 6.33 Å². The molecular formula is C12H10N4O2. The average Bonchev–Trinajstić information content (AvgIpc) is 2.69. The van der Waals surface area contributed by atoms with Crippen LogP contribution in [0.3, 0.4) is 0 Å². The molecule has 6 nitrogen and oxygen atoms in total. The van der Waals surface area contributed by atoms with Crippen molar-refractivity contribution in [2.75, 3.05) is 0 Å². The van der Waals surface area contributed by atoms with E-state index in [1.807, 2.05) is 30.3 Å². The van der Waals surface area contributed by atoms with Gasteiger partial charge < -0.3 is 10.2 Å². The molecule has 90 valence electrons. The van der Waals surface area contributed by atoms with E-state index in [2.05, 4.69) is 9.97 Å². The molecule has 0 spiro atoms. The van der Waals surface area contributed by atoms with Crippen LogP contribution in [0.2, 0.25) is 0 Å². The van der Waals surface area contributed by atoms with E-state index in [0.29, 0.717) is 16.9 Å². The second kappa shape index (κ2) is 3.99. The number of fused-ring (bicyclic) bond motifs is 1. The van der Waals surface area contributed by atoms with Crippen molar-refractivity contribution < 1.29 is 4.73 Å². The van der Waals surface area contributed by atoms with Crippen LogP contribution in [-0.4, -0.2) is 14.5 Å². The number of aromatic amines is 1. The number of nitrogens with zero attached hydrogens (tertiary/aromatic N) is 3. The lowest BCUT2D eigenvalue weighted by molar-refractivity contribution is -0.578. The van der Waals surface area contributed by atoms with Crippen molar-refractivity contribution in [1.82, 2.24) is 14.5 Å². The molecule has 0 aliphatic rings. The van der Waals surface area contributed by atoms with Crippen LogP contribution in [0.1, 0.15) is 5.56 Å². The number of imidazole rings is 1. The van der Waals surface area contributed by atoms with Crippen molar-refractivity contribution in [2.45, 2.75) is 6.54 Å². The van der Waals surface area contributed by atoms with Crippen LogP contribution in [0, 0.1) is 5.21 Å². The van der Waals surface area contributed by atoms with Crippen LogP contribution in [0.15, 0.2) is 47.8 Å². The van der Waals surface area contributed by atoms with Gasteiger partial charge in [0.2, 0.25) is 6.33 Å². The highest BCUT2D eigenvalue weighted by molar-refractivity contribution is 5.65. The summed E-state index contributed by atoms with van der Waals surface area (Å²) < 4.78 is 2.21. The third-order valence-corrected chi connectivity index (χ3v) is 2.74. The molecule has 1 aromatic carbocycles. The Hall–Kier alpha value is -2.63. The smallest absolute Gasteiger partial charge is 0.303 e. The summed E-state index contributed by atoms with van der Waals surface area (Å²) in [5.41, 5.74) is 1.03. The van der Waals surface area contributed by atoms with Crippen LogP contribution in [-0.2, 0) is 6.54 Å². The zero-order valence-electron chi connectivity index (χ0n) is 9.41. The van der Waals surface area contributed by atoms with Gasteiger partial charge in [-0.1, -0.05) is 30.3 Å². The van der Waals surface area contributed by atoms with Gasteiger partial charge in [-0.2, -0.15) is 4.98 Å². The SMILES string of the molecule is O=c1[nH]cnc2c1[n+]([O-])cn2Cc1ccccc1. The maximum Gasteiger partial charge on any atom is 0.303 e. The van der Waals surface area contributed by atoms with Crippen LogP contribution in [0.5, 0.6) is 0 Å².